The summed E-state index contributed by atoms with van der Waals surface area (Å²) in [6.07, 6.45) is 48.2. The number of carbonyl (C=O) groups is 1. The molecule has 0 aromatic heterocycles. The lowest BCUT2D eigenvalue weighted by atomic mass is 10.0. The van der Waals surface area contributed by atoms with Gasteiger partial charge in [0.05, 0.1) is 18.8 Å². The van der Waals surface area contributed by atoms with Crippen molar-refractivity contribution in [2.45, 2.75) is 263 Å². The Bertz CT molecular complexity index is 699. The number of hydrogen-bond donors (Lipinski definition) is 4. The minimum absolute atomic E-state index is 0.359. The molecule has 5 heteroatoms. The zero-order valence-electron chi connectivity index (χ0n) is 33.8. The maximum Gasteiger partial charge on any atom is 0.249 e. The minimum atomic E-state index is -1.09. The molecule has 0 fully saturated rings. The van der Waals surface area contributed by atoms with Crippen molar-refractivity contribution in [2.24, 2.45) is 0 Å². The molecule has 0 aliphatic heterocycles. The van der Waals surface area contributed by atoms with Gasteiger partial charge in [-0.25, -0.2) is 0 Å². The first-order valence-electron chi connectivity index (χ1n) is 22.5. The first-order valence-corrected chi connectivity index (χ1v) is 22.5. The van der Waals surface area contributed by atoms with Crippen LogP contribution < -0.4 is 5.32 Å². The maximum absolute atomic E-state index is 12.4. The second kappa shape index (κ2) is 40.9. The van der Waals surface area contributed by atoms with Crippen molar-refractivity contribution in [3.8, 4) is 0 Å². The summed E-state index contributed by atoms with van der Waals surface area (Å²) in [5, 5.41) is 33.1. The van der Waals surface area contributed by atoms with Crippen LogP contribution in [0.15, 0.2) is 12.2 Å². The maximum atomic E-state index is 12.4. The summed E-state index contributed by atoms with van der Waals surface area (Å²) in [6, 6.07) is -0.792. The lowest BCUT2D eigenvalue weighted by molar-refractivity contribution is -0.131. The van der Waals surface area contributed by atoms with E-state index in [0.717, 1.165) is 32.1 Å². The highest BCUT2D eigenvalue weighted by Gasteiger charge is 2.22. The largest absolute Gasteiger partial charge is 0.394 e. The van der Waals surface area contributed by atoms with Gasteiger partial charge in [-0.2, -0.15) is 0 Å². The van der Waals surface area contributed by atoms with Crippen LogP contribution in [0.25, 0.3) is 0 Å². The Morgan fingerprint density at radius 1 is 0.480 bits per heavy atom. The number of unbranched alkanes of at least 4 members (excludes halogenated alkanes) is 33. The number of hydrogen-bond acceptors (Lipinski definition) is 4. The van der Waals surface area contributed by atoms with Gasteiger partial charge in [0.25, 0.3) is 0 Å². The van der Waals surface area contributed by atoms with E-state index < -0.39 is 24.2 Å². The van der Waals surface area contributed by atoms with Gasteiger partial charge in [-0.3, -0.25) is 4.79 Å². The lowest BCUT2D eigenvalue weighted by Gasteiger charge is -2.21. The second-order valence-electron chi connectivity index (χ2n) is 15.6. The van der Waals surface area contributed by atoms with Gasteiger partial charge in [-0.1, -0.05) is 238 Å². The summed E-state index contributed by atoms with van der Waals surface area (Å²) in [6.45, 7) is 4.19. The van der Waals surface area contributed by atoms with Crippen LogP contribution >= 0.6 is 0 Å². The van der Waals surface area contributed by atoms with Gasteiger partial charge in [0.15, 0.2) is 0 Å². The highest BCUT2D eigenvalue weighted by Crippen LogP contribution is 2.16. The summed E-state index contributed by atoms with van der Waals surface area (Å²) in [4.78, 5) is 12.4. The van der Waals surface area contributed by atoms with E-state index in [9.17, 15) is 20.1 Å². The summed E-state index contributed by atoms with van der Waals surface area (Å²) in [5.74, 6) is -0.500. The molecular formula is C45H89NO4. The van der Waals surface area contributed by atoms with Crippen LogP contribution in [0.3, 0.4) is 0 Å². The summed E-state index contributed by atoms with van der Waals surface area (Å²) in [5.41, 5.74) is 0. The third-order valence-corrected chi connectivity index (χ3v) is 10.6. The van der Waals surface area contributed by atoms with E-state index in [1.54, 1.807) is 6.08 Å². The van der Waals surface area contributed by atoms with Crippen molar-refractivity contribution in [1.29, 1.82) is 0 Å². The average molecular weight is 708 g/mol. The van der Waals surface area contributed by atoms with Crippen molar-refractivity contribution in [2.75, 3.05) is 6.61 Å². The Balaban J connectivity index is 3.61. The molecule has 1 amide bonds. The summed E-state index contributed by atoms with van der Waals surface area (Å²) in [7, 11) is 0. The standard InChI is InChI=1S/C45H89NO4/c1-3-5-7-9-11-13-15-17-18-19-20-21-22-23-24-25-26-28-29-31-33-35-37-39-43(48)42(41-47)46-45(50)44(49)40-38-36-34-32-30-27-16-14-12-10-8-6-4-2/h37,39,42-44,47-49H,3-36,38,40-41H2,1-2H3,(H,46,50)/b39-37+. The Hall–Kier alpha value is -0.910. The van der Waals surface area contributed by atoms with E-state index in [2.05, 4.69) is 19.2 Å². The molecule has 298 valence electrons. The molecule has 0 spiro atoms. The SMILES string of the molecule is CCCCCCCCCCCCCCCCCCCCCCC/C=C/C(O)C(CO)NC(=O)C(O)CCCCCCCCCCCCCCC. The Morgan fingerprint density at radius 3 is 1.10 bits per heavy atom. The van der Waals surface area contributed by atoms with Crippen LogP contribution in [0.5, 0.6) is 0 Å². The molecule has 0 radical (unpaired) electrons. The van der Waals surface area contributed by atoms with Crippen molar-refractivity contribution < 1.29 is 20.1 Å². The van der Waals surface area contributed by atoms with Crippen LogP contribution in [0.4, 0.5) is 0 Å². The van der Waals surface area contributed by atoms with Gasteiger partial charge in [0.2, 0.25) is 5.91 Å². The third-order valence-electron chi connectivity index (χ3n) is 10.6. The molecule has 0 aliphatic rings. The van der Waals surface area contributed by atoms with Crippen molar-refractivity contribution >= 4 is 5.91 Å². The number of allylic oxidation sites excluding steroid dienone is 1. The molecule has 0 bridgehead atoms. The van der Waals surface area contributed by atoms with E-state index in [1.807, 2.05) is 6.08 Å². The fraction of sp³-hybridized carbons (Fsp3) is 0.933. The van der Waals surface area contributed by atoms with Gasteiger partial charge in [-0.15, -0.1) is 0 Å². The molecule has 0 heterocycles. The van der Waals surface area contributed by atoms with E-state index in [-0.39, 0.29) is 6.61 Å². The van der Waals surface area contributed by atoms with E-state index in [1.165, 1.54) is 193 Å². The Morgan fingerprint density at radius 2 is 0.780 bits per heavy atom. The molecule has 0 aliphatic carbocycles. The van der Waals surface area contributed by atoms with Gasteiger partial charge >= 0.3 is 0 Å². The molecular weight excluding hydrogens is 618 g/mol. The van der Waals surface area contributed by atoms with E-state index in [4.69, 9.17) is 0 Å². The van der Waals surface area contributed by atoms with Crippen LogP contribution in [-0.2, 0) is 4.79 Å². The second-order valence-corrected chi connectivity index (χ2v) is 15.6. The molecule has 0 saturated heterocycles. The predicted octanol–water partition coefficient (Wildman–Crippen LogP) is 12.8. The number of aliphatic hydroxyl groups is 3. The fourth-order valence-electron chi connectivity index (χ4n) is 7.07. The van der Waals surface area contributed by atoms with Crippen LogP contribution in [0.1, 0.15) is 245 Å². The Kier molecular flexibility index (Phi) is 40.1. The number of amides is 1. The number of rotatable bonds is 41. The number of nitrogens with one attached hydrogen (secondary N) is 1. The van der Waals surface area contributed by atoms with Gasteiger partial charge < -0.3 is 20.6 Å². The van der Waals surface area contributed by atoms with Gasteiger partial charge in [-0.05, 0) is 19.3 Å². The summed E-state index contributed by atoms with van der Waals surface area (Å²) < 4.78 is 0. The van der Waals surface area contributed by atoms with Gasteiger partial charge in [0, 0.05) is 0 Å². The molecule has 3 atom stereocenters. The van der Waals surface area contributed by atoms with Crippen LogP contribution in [0.2, 0.25) is 0 Å². The zero-order chi connectivity index (χ0) is 36.6. The lowest BCUT2D eigenvalue weighted by Crippen LogP contribution is -2.48. The third kappa shape index (κ3) is 35.5. The predicted molar refractivity (Wildman–Crippen MR) is 218 cm³/mol. The number of aliphatic hydroxyl groups excluding tert-OH is 3. The average Bonchev–Trinajstić information content (AvgIpc) is 3.12. The molecule has 50 heavy (non-hydrogen) atoms. The Labute approximate surface area is 312 Å². The topological polar surface area (TPSA) is 89.8 Å². The molecule has 5 nitrogen and oxygen atoms in total. The molecule has 4 N–H and O–H groups in total. The highest BCUT2D eigenvalue weighted by molar-refractivity contribution is 5.80. The van der Waals surface area contributed by atoms with Gasteiger partial charge in [0.1, 0.15) is 6.10 Å². The normalized spacial score (nSPS) is 13.6. The smallest absolute Gasteiger partial charge is 0.249 e. The fourth-order valence-corrected chi connectivity index (χ4v) is 7.07. The quantitative estimate of drug-likeness (QED) is 0.0376. The molecule has 0 aromatic rings. The number of carbonyl (C=O) groups excluding carboxylic acids is 1. The van der Waals surface area contributed by atoms with Crippen molar-refractivity contribution in [3.05, 3.63) is 12.2 Å². The monoisotopic (exact) mass is 708 g/mol. The molecule has 0 rings (SSSR count). The van der Waals surface area contributed by atoms with E-state index in [0.29, 0.717) is 6.42 Å². The molecule has 0 saturated carbocycles. The van der Waals surface area contributed by atoms with Crippen molar-refractivity contribution in [3.63, 3.8) is 0 Å². The highest BCUT2D eigenvalue weighted by atomic mass is 16.3. The molecule has 0 aromatic carbocycles. The van der Waals surface area contributed by atoms with E-state index >= 15 is 0 Å². The van der Waals surface area contributed by atoms with Crippen LogP contribution in [-0.4, -0.2) is 46.1 Å². The molecule has 3 unspecified atom stereocenters. The zero-order valence-corrected chi connectivity index (χ0v) is 33.8. The first kappa shape index (κ1) is 49.1. The first-order chi connectivity index (χ1) is 24.6. The summed E-state index contributed by atoms with van der Waals surface area (Å²) >= 11 is 0. The van der Waals surface area contributed by atoms with Crippen LogP contribution in [0, 0.1) is 0 Å². The van der Waals surface area contributed by atoms with Crippen molar-refractivity contribution in [1.82, 2.24) is 5.32 Å². The minimum Gasteiger partial charge on any atom is -0.394 e.